The number of carbonyl (C=O) groups excluding carboxylic acids is 1. The highest BCUT2D eigenvalue weighted by Crippen LogP contribution is 2.35. The van der Waals surface area contributed by atoms with Crippen molar-refractivity contribution in [1.29, 1.82) is 0 Å². The molecule has 0 saturated carbocycles. The molecule has 0 bridgehead atoms. The van der Waals surface area contributed by atoms with Gasteiger partial charge in [0.15, 0.2) is 0 Å². The number of benzene rings is 1. The fraction of sp³-hybridized carbons (Fsp3) is 0.474. The smallest absolute Gasteiger partial charge is 0.270 e. The van der Waals surface area contributed by atoms with Crippen molar-refractivity contribution in [2.45, 2.75) is 24.7 Å². The molecule has 1 fully saturated rings. The minimum Gasteiger partial charge on any atom is -0.497 e. The first kappa shape index (κ1) is 18.8. The summed E-state index contributed by atoms with van der Waals surface area (Å²) in [7, 11) is 1.66. The number of rotatable bonds is 7. The van der Waals surface area contributed by atoms with Crippen molar-refractivity contribution < 1.29 is 14.3 Å². The third-order valence-electron chi connectivity index (χ3n) is 4.88. The van der Waals surface area contributed by atoms with Crippen molar-refractivity contribution in [1.82, 2.24) is 10.3 Å². The molecule has 1 amide bonds. The number of methoxy groups -OCH3 is 1. The van der Waals surface area contributed by atoms with Crippen LogP contribution in [-0.4, -0.2) is 44.3 Å². The Hall–Kier alpha value is -1.96. The van der Waals surface area contributed by atoms with E-state index in [-0.39, 0.29) is 11.3 Å². The number of thiazole rings is 1. The molecule has 6 nitrogen and oxygen atoms in total. The number of hydrogen-bond donors (Lipinski definition) is 2. The molecule has 0 atom stereocenters. The lowest BCUT2D eigenvalue weighted by molar-refractivity contribution is 0.0486. The highest BCUT2D eigenvalue weighted by Gasteiger charge is 2.35. The lowest BCUT2D eigenvalue weighted by atomic mass is 9.74. The predicted octanol–water partition coefficient (Wildman–Crippen LogP) is 2.13. The van der Waals surface area contributed by atoms with Crippen LogP contribution < -0.4 is 15.8 Å². The summed E-state index contributed by atoms with van der Waals surface area (Å²) < 4.78 is 10.8. The number of carbonyl (C=O) groups is 1. The van der Waals surface area contributed by atoms with E-state index in [1.54, 1.807) is 12.5 Å². The van der Waals surface area contributed by atoms with Crippen LogP contribution >= 0.6 is 11.3 Å². The average Bonchev–Trinajstić information content (AvgIpc) is 3.16. The first-order valence-corrected chi connectivity index (χ1v) is 9.70. The van der Waals surface area contributed by atoms with Crippen molar-refractivity contribution in [2.75, 3.05) is 33.4 Å². The Morgan fingerprint density at radius 3 is 2.73 bits per heavy atom. The van der Waals surface area contributed by atoms with Gasteiger partial charge in [-0.05, 0) is 37.1 Å². The fourth-order valence-corrected chi connectivity index (χ4v) is 4.06. The largest absolute Gasteiger partial charge is 0.497 e. The van der Waals surface area contributed by atoms with E-state index in [1.165, 1.54) is 16.9 Å². The maximum Gasteiger partial charge on any atom is 0.270 e. The second-order valence-electron chi connectivity index (χ2n) is 6.47. The average molecular weight is 375 g/mol. The lowest BCUT2D eigenvalue weighted by Crippen LogP contribution is -2.44. The summed E-state index contributed by atoms with van der Waals surface area (Å²) in [5.41, 5.74) is 7.09. The second kappa shape index (κ2) is 8.62. The minimum absolute atomic E-state index is 0.129. The highest BCUT2D eigenvalue weighted by molar-refractivity contribution is 7.09. The molecule has 0 aliphatic carbocycles. The van der Waals surface area contributed by atoms with E-state index >= 15 is 0 Å². The third-order valence-corrected chi connectivity index (χ3v) is 5.79. The predicted molar refractivity (Wildman–Crippen MR) is 102 cm³/mol. The maximum atomic E-state index is 12.5. The van der Waals surface area contributed by atoms with Gasteiger partial charge >= 0.3 is 0 Å². The van der Waals surface area contributed by atoms with Gasteiger partial charge in [0.05, 0.1) is 12.1 Å². The van der Waals surface area contributed by atoms with Crippen LogP contribution in [0.25, 0.3) is 0 Å². The standard InChI is InChI=1S/C19H25N3O3S/c1-24-15-4-2-14(3-5-15)19(7-10-25-11-8-19)13-21-18(23)16-12-26-17(22-16)6-9-20/h2-5,12H,6-11,13,20H2,1H3,(H,21,23). The molecule has 1 aromatic carbocycles. The molecule has 0 spiro atoms. The Morgan fingerprint density at radius 1 is 1.35 bits per heavy atom. The van der Waals surface area contributed by atoms with E-state index in [1.807, 2.05) is 12.1 Å². The van der Waals surface area contributed by atoms with Crippen molar-refractivity contribution in [3.05, 3.63) is 45.9 Å². The monoisotopic (exact) mass is 375 g/mol. The molecule has 26 heavy (non-hydrogen) atoms. The summed E-state index contributed by atoms with van der Waals surface area (Å²) in [5.74, 6) is 0.693. The van der Waals surface area contributed by atoms with Crippen molar-refractivity contribution in [3.8, 4) is 5.75 Å². The molecule has 1 saturated heterocycles. The maximum absolute atomic E-state index is 12.5. The van der Waals surface area contributed by atoms with Crippen LogP contribution in [0.4, 0.5) is 0 Å². The molecule has 1 aliphatic heterocycles. The number of hydrogen-bond acceptors (Lipinski definition) is 6. The van der Waals surface area contributed by atoms with Crippen LogP contribution in [-0.2, 0) is 16.6 Å². The molecule has 0 radical (unpaired) electrons. The summed E-state index contributed by atoms with van der Waals surface area (Å²) in [5, 5.41) is 5.77. The van der Waals surface area contributed by atoms with Gasteiger partial charge in [-0.15, -0.1) is 11.3 Å². The van der Waals surface area contributed by atoms with Gasteiger partial charge in [-0.3, -0.25) is 4.79 Å². The first-order valence-electron chi connectivity index (χ1n) is 8.82. The molecule has 2 heterocycles. The van der Waals surface area contributed by atoms with Gasteiger partial charge in [0.1, 0.15) is 11.4 Å². The van der Waals surface area contributed by atoms with Gasteiger partial charge in [-0.2, -0.15) is 0 Å². The lowest BCUT2D eigenvalue weighted by Gasteiger charge is -2.38. The number of ether oxygens (including phenoxy) is 2. The molecule has 1 aromatic heterocycles. The number of nitrogens with zero attached hydrogens (tertiary/aromatic N) is 1. The van der Waals surface area contributed by atoms with Crippen LogP contribution in [0.3, 0.4) is 0 Å². The van der Waals surface area contributed by atoms with Gasteiger partial charge in [-0.25, -0.2) is 4.98 Å². The Labute approximate surface area is 157 Å². The number of aromatic nitrogens is 1. The quantitative estimate of drug-likeness (QED) is 0.774. The summed E-state index contributed by atoms with van der Waals surface area (Å²) in [6.07, 6.45) is 2.44. The third kappa shape index (κ3) is 4.23. The van der Waals surface area contributed by atoms with Crippen LogP contribution in [0.15, 0.2) is 29.6 Å². The van der Waals surface area contributed by atoms with E-state index in [9.17, 15) is 4.79 Å². The van der Waals surface area contributed by atoms with E-state index in [0.717, 1.165) is 23.6 Å². The molecule has 3 N–H and O–H groups in total. The van der Waals surface area contributed by atoms with Gasteiger partial charge in [0.2, 0.25) is 0 Å². The van der Waals surface area contributed by atoms with Gasteiger partial charge in [-0.1, -0.05) is 12.1 Å². The number of nitrogens with one attached hydrogen (secondary N) is 1. The zero-order chi connectivity index (χ0) is 18.4. The van der Waals surface area contributed by atoms with E-state index < -0.39 is 0 Å². The van der Waals surface area contributed by atoms with E-state index in [4.69, 9.17) is 15.2 Å². The molecule has 2 aromatic rings. The summed E-state index contributed by atoms with van der Waals surface area (Å²) >= 11 is 1.48. The van der Waals surface area contributed by atoms with E-state index in [2.05, 4.69) is 22.4 Å². The van der Waals surface area contributed by atoms with Gasteiger partial charge in [0.25, 0.3) is 5.91 Å². The van der Waals surface area contributed by atoms with Crippen LogP contribution in [0.1, 0.15) is 33.9 Å². The van der Waals surface area contributed by atoms with Crippen molar-refractivity contribution >= 4 is 17.2 Å². The molecule has 140 valence electrons. The molecule has 0 unspecified atom stereocenters. The van der Waals surface area contributed by atoms with Crippen molar-refractivity contribution in [3.63, 3.8) is 0 Å². The zero-order valence-electron chi connectivity index (χ0n) is 15.0. The van der Waals surface area contributed by atoms with E-state index in [0.29, 0.717) is 38.4 Å². The van der Waals surface area contributed by atoms with Crippen LogP contribution in [0.5, 0.6) is 5.75 Å². The fourth-order valence-electron chi connectivity index (χ4n) is 3.27. The van der Waals surface area contributed by atoms with Gasteiger partial charge in [0, 0.05) is 37.0 Å². The molecular weight excluding hydrogens is 350 g/mol. The SMILES string of the molecule is COc1ccc(C2(CNC(=O)c3csc(CCN)n3)CCOCC2)cc1. The topological polar surface area (TPSA) is 86.5 Å². The number of nitrogens with two attached hydrogens (primary N) is 1. The summed E-state index contributed by atoms with van der Waals surface area (Å²) in [6, 6.07) is 8.10. The zero-order valence-corrected chi connectivity index (χ0v) is 15.8. The van der Waals surface area contributed by atoms with Crippen LogP contribution in [0.2, 0.25) is 0 Å². The summed E-state index contributed by atoms with van der Waals surface area (Å²) in [4.78, 5) is 16.9. The minimum atomic E-state index is -0.135. The van der Waals surface area contributed by atoms with Crippen molar-refractivity contribution in [2.24, 2.45) is 5.73 Å². The number of amides is 1. The molecule has 7 heteroatoms. The Morgan fingerprint density at radius 2 is 2.08 bits per heavy atom. The second-order valence-corrected chi connectivity index (χ2v) is 7.41. The Balaban J connectivity index is 1.72. The molecular formula is C19H25N3O3S. The van der Waals surface area contributed by atoms with Gasteiger partial charge < -0.3 is 20.5 Å². The highest BCUT2D eigenvalue weighted by atomic mass is 32.1. The summed E-state index contributed by atoms with van der Waals surface area (Å²) in [6.45, 7) is 2.49. The molecule has 1 aliphatic rings. The normalized spacial score (nSPS) is 16.2. The molecule has 3 rings (SSSR count). The Kier molecular flexibility index (Phi) is 6.24. The first-order chi connectivity index (χ1) is 12.7. The Bertz CT molecular complexity index is 724. The van der Waals surface area contributed by atoms with Crippen LogP contribution in [0, 0.1) is 0 Å².